The number of rotatable bonds is 0. The van der Waals surface area contributed by atoms with Gasteiger partial charge in [0.15, 0.2) is 4.85 Å². The minimum atomic E-state index is -0.519. The van der Waals surface area contributed by atoms with Crippen LogP contribution in [0.5, 0.6) is 0 Å². The van der Waals surface area contributed by atoms with Gasteiger partial charge in [0.2, 0.25) is 0 Å². The Kier molecular flexibility index (Phi) is 0.540. The van der Waals surface area contributed by atoms with Crippen LogP contribution in [-0.4, -0.2) is 10.0 Å². The second-order valence-electron chi connectivity index (χ2n) is 0.871. The lowest BCUT2D eigenvalue weighted by Gasteiger charge is -1.82. The van der Waals surface area contributed by atoms with Crippen LogP contribution >= 0.6 is 0 Å². The highest BCUT2D eigenvalue weighted by molar-refractivity contribution is 4.55. The van der Waals surface area contributed by atoms with E-state index in [0.717, 1.165) is 0 Å². The van der Waals surface area contributed by atoms with Crippen molar-refractivity contribution in [2.24, 2.45) is 0 Å². The summed E-state index contributed by atoms with van der Waals surface area (Å²) in [6, 6.07) is 0. The molecule has 0 aromatic carbocycles. The van der Waals surface area contributed by atoms with Gasteiger partial charge in [0.05, 0.1) is 0 Å². The van der Waals surface area contributed by atoms with Gasteiger partial charge in [0.25, 0.3) is 0 Å². The summed E-state index contributed by atoms with van der Waals surface area (Å²) in [6.07, 6.45) is 0. The Labute approximate surface area is 37.9 Å². The summed E-state index contributed by atoms with van der Waals surface area (Å²) >= 11 is 0. The molecule has 0 unspecified atom stereocenters. The zero-order valence-electron chi connectivity index (χ0n) is 3.21. The fourth-order valence-electron chi connectivity index (χ4n) is 0.190. The first-order valence-corrected chi connectivity index (χ1v) is 1.49. The molecule has 0 aliphatic rings. The molecule has 0 amide bonds. The van der Waals surface area contributed by atoms with Crippen molar-refractivity contribution in [1.82, 2.24) is 10.0 Å². The highest BCUT2D eigenvalue weighted by Gasteiger charge is 2.00. The van der Waals surface area contributed by atoms with E-state index in [1.54, 1.807) is 0 Å². The molecule has 1 heterocycles. The predicted octanol–water partition coefficient (Wildman–Crippen LogP) is -0.548. The second kappa shape index (κ2) is 1.01. The first kappa shape index (κ1) is 3.74. The van der Waals surface area contributed by atoms with E-state index in [-0.39, 0.29) is 0 Å². The van der Waals surface area contributed by atoms with Crippen LogP contribution in [0, 0.1) is 6.57 Å². The summed E-state index contributed by atoms with van der Waals surface area (Å²) in [7, 11) is 0. The minimum Gasteiger partial charge on any atom is -0.234 e. The van der Waals surface area contributed by atoms with Gasteiger partial charge in [-0.3, -0.25) is 0 Å². The quantitative estimate of drug-likeness (QED) is 0.444. The Morgan fingerprint density at radius 2 is 2.71 bits per heavy atom. The Bertz CT molecular complexity index is 232. The van der Waals surface area contributed by atoms with Gasteiger partial charge in [-0.15, -0.1) is 10.1 Å². The van der Waals surface area contributed by atoms with Gasteiger partial charge in [0.1, 0.15) is 0 Å². The summed E-state index contributed by atoms with van der Waals surface area (Å²) in [4.78, 5) is 13.1. The zero-order valence-corrected chi connectivity index (χ0v) is 3.21. The molecule has 0 aliphatic heterocycles. The molecule has 1 aromatic heterocycles. The molecule has 1 rings (SSSR count). The van der Waals surface area contributed by atoms with E-state index >= 15 is 0 Å². The number of nitrogens with one attached hydrogen (secondary N) is 1. The molecule has 1 aromatic rings. The molecule has 0 bridgehead atoms. The van der Waals surface area contributed by atoms with Gasteiger partial charge in [-0.25, -0.2) is 9.42 Å². The molecular weight excluding hydrogens is 98.0 g/mol. The van der Waals surface area contributed by atoms with E-state index in [1.165, 1.54) is 0 Å². The van der Waals surface area contributed by atoms with E-state index in [9.17, 15) is 4.79 Å². The third kappa shape index (κ3) is 0.327. The molecule has 0 radical (unpaired) electrons. The average Bonchev–Trinajstić information content (AvgIpc) is 1.65. The van der Waals surface area contributed by atoms with Crippen LogP contribution in [0.2, 0.25) is 0 Å². The van der Waals surface area contributed by atoms with E-state index in [1.807, 2.05) is 5.16 Å². The first-order chi connectivity index (χ1) is 3.34. The summed E-state index contributed by atoms with van der Waals surface area (Å²) < 4.78 is 4.07. The van der Waals surface area contributed by atoms with Crippen molar-refractivity contribution in [2.75, 3.05) is 0 Å². The van der Waals surface area contributed by atoms with Crippen LogP contribution in [0.4, 0.5) is 0 Å². The molecule has 0 saturated carbocycles. The SMILES string of the molecule is [C-]#[N+]n1o[nH]c1=O. The van der Waals surface area contributed by atoms with Crippen LogP contribution in [0.1, 0.15) is 0 Å². The lowest BCUT2D eigenvalue weighted by Crippen LogP contribution is -2.23. The molecule has 0 fully saturated rings. The van der Waals surface area contributed by atoms with Crippen molar-refractivity contribution in [3.8, 4) is 0 Å². The maximum absolute atomic E-state index is 9.94. The normalized spacial score (nSPS) is 8.43. The van der Waals surface area contributed by atoms with Gasteiger partial charge >= 0.3 is 5.69 Å². The van der Waals surface area contributed by atoms with Gasteiger partial charge < -0.3 is 0 Å². The second-order valence-corrected chi connectivity index (χ2v) is 0.871. The fourth-order valence-corrected chi connectivity index (χ4v) is 0.190. The number of aromatic amines is 1. The van der Waals surface area contributed by atoms with Crippen LogP contribution in [0.3, 0.4) is 0 Å². The lowest BCUT2D eigenvalue weighted by molar-refractivity contribution is 0.140. The number of hydrogen-bond donors (Lipinski definition) is 1. The van der Waals surface area contributed by atoms with Crippen molar-refractivity contribution in [2.45, 2.75) is 0 Å². The Morgan fingerprint density at radius 1 is 2.00 bits per heavy atom. The summed E-state index contributed by atoms with van der Waals surface area (Å²) in [5, 5.41) is 1.88. The molecule has 5 nitrogen and oxygen atoms in total. The van der Waals surface area contributed by atoms with Gasteiger partial charge in [-0.1, -0.05) is 0 Å². The molecule has 0 atom stereocenters. The van der Waals surface area contributed by atoms with E-state index in [2.05, 4.69) is 9.58 Å². The molecular formula is C2HN3O2. The highest BCUT2D eigenvalue weighted by Crippen LogP contribution is 1.69. The van der Waals surface area contributed by atoms with Crippen molar-refractivity contribution < 1.29 is 4.63 Å². The Morgan fingerprint density at radius 3 is 2.71 bits per heavy atom. The van der Waals surface area contributed by atoms with Crippen molar-refractivity contribution in [3.63, 3.8) is 0 Å². The predicted molar refractivity (Wildman–Crippen MR) is 19.3 cm³/mol. The van der Waals surface area contributed by atoms with Crippen molar-refractivity contribution in [3.05, 3.63) is 22.0 Å². The number of nitrogens with zero attached hydrogens (tertiary/aromatic N) is 2. The molecule has 1 N–H and O–H groups in total. The maximum Gasteiger partial charge on any atom is 0.465 e. The molecule has 7 heavy (non-hydrogen) atoms. The van der Waals surface area contributed by atoms with E-state index in [0.29, 0.717) is 4.85 Å². The largest absolute Gasteiger partial charge is 0.465 e. The fraction of sp³-hybridized carbons (Fsp3) is 0. The van der Waals surface area contributed by atoms with Crippen molar-refractivity contribution >= 4 is 0 Å². The van der Waals surface area contributed by atoms with Gasteiger partial charge in [-0.2, -0.15) is 6.57 Å². The molecule has 0 spiro atoms. The summed E-state index contributed by atoms with van der Waals surface area (Å²) in [6.45, 7) is 6.16. The number of H-pyrrole nitrogens is 1. The topological polar surface area (TPSA) is 55.3 Å². The maximum atomic E-state index is 9.94. The average molecular weight is 99.0 g/mol. The smallest absolute Gasteiger partial charge is 0.234 e. The molecule has 0 saturated heterocycles. The molecule has 5 heteroatoms. The standard InChI is InChI=1S/C2HN3O2/c1-3-5-2(6)4-7-5/h(H,4,6). The number of aromatic nitrogens is 2. The third-order valence-electron chi connectivity index (χ3n) is 0.484. The molecule has 36 valence electrons. The van der Waals surface area contributed by atoms with Gasteiger partial charge in [-0.05, 0) is 0 Å². The highest BCUT2D eigenvalue weighted by atomic mass is 16.6. The number of hydrogen-bond acceptors (Lipinski definition) is 2. The van der Waals surface area contributed by atoms with E-state index in [4.69, 9.17) is 6.57 Å². The van der Waals surface area contributed by atoms with Crippen LogP contribution in [-0.2, 0) is 0 Å². The lowest BCUT2D eigenvalue weighted by atomic mass is 11.3. The third-order valence-corrected chi connectivity index (χ3v) is 0.484. The summed E-state index contributed by atoms with van der Waals surface area (Å²) in [5.41, 5.74) is -0.519. The Balaban J connectivity index is 3.15. The van der Waals surface area contributed by atoms with Crippen molar-refractivity contribution in [1.29, 1.82) is 0 Å². The summed E-state index contributed by atoms with van der Waals surface area (Å²) in [5.74, 6) is 0. The van der Waals surface area contributed by atoms with E-state index < -0.39 is 5.69 Å². The minimum absolute atomic E-state index is 0.514. The van der Waals surface area contributed by atoms with Crippen LogP contribution < -0.4 is 5.69 Å². The van der Waals surface area contributed by atoms with Crippen LogP contribution in [0.15, 0.2) is 9.42 Å². The molecule has 0 aliphatic carbocycles. The van der Waals surface area contributed by atoms with Gasteiger partial charge in [0, 0.05) is 0 Å². The zero-order chi connectivity index (χ0) is 5.28. The first-order valence-electron chi connectivity index (χ1n) is 1.49. The Hall–Kier alpha value is -1.44. The van der Waals surface area contributed by atoms with Crippen LogP contribution in [0.25, 0.3) is 4.95 Å². The monoisotopic (exact) mass is 99.0 g/mol.